The first-order chi connectivity index (χ1) is 11.0. The summed E-state index contributed by atoms with van der Waals surface area (Å²) in [5.41, 5.74) is 0.431. The number of hydrogen-bond acceptors (Lipinski definition) is 5. The lowest BCUT2D eigenvalue weighted by molar-refractivity contribution is -0.131. The second kappa shape index (κ2) is 10.1. The van der Waals surface area contributed by atoms with Gasteiger partial charge in [-0.1, -0.05) is 11.6 Å². The summed E-state index contributed by atoms with van der Waals surface area (Å²) in [6.45, 7) is 4.93. The van der Waals surface area contributed by atoms with E-state index in [-0.39, 0.29) is 6.54 Å². The van der Waals surface area contributed by atoms with Crippen molar-refractivity contribution in [2.75, 3.05) is 39.3 Å². The van der Waals surface area contributed by atoms with Crippen LogP contribution < -0.4 is 20.1 Å². The molecule has 0 saturated carbocycles. The summed E-state index contributed by atoms with van der Waals surface area (Å²) in [7, 11) is 2.99. The molecule has 8 heteroatoms. The van der Waals surface area contributed by atoms with Gasteiger partial charge in [0.2, 0.25) is 0 Å². The Labute approximate surface area is 141 Å². The van der Waals surface area contributed by atoms with E-state index >= 15 is 0 Å². The highest BCUT2D eigenvalue weighted by molar-refractivity contribution is 6.32. The highest BCUT2D eigenvalue weighted by atomic mass is 35.5. The Morgan fingerprint density at radius 2 is 1.74 bits per heavy atom. The van der Waals surface area contributed by atoms with E-state index in [1.165, 1.54) is 14.2 Å². The summed E-state index contributed by atoms with van der Waals surface area (Å²) in [6.07, 6.45) is -0.489. The normalized spacial score (nSPS) is 10.5. The molecule has 2 amide bonds. The molecule has 0 bridgehead atoms. The third-order valence-electron chi connectivity index (χ3n) is 2.86. The van der Waals surface area contributed by atoms with E-state index in [0.29, 0.717) is 35.4 Å². The molecule has 1 aromatic rings. The third-order valence-corrected chi connectivity index (χ3v) is 3.15. The molecule has 1 aromatic carbocycles. The van der Waals surface area contributed by atoms with Gasteiger partial charge in [-0.25, -0.2) is 4.79 Å². The van der Waals surface area contributed by atoms with Crippen molar-refractivity contribution in [2.45, 2.75) is 20.1 Å². The van der Waals surface area contributed by atoms with Crippen LogP contribution in [0.4, 0.5) is 10.5 Å². The van der Waals surface area contributed by atoms with Gasteiger partial charge in [0.1, 0.15) is 11.5 Å². The predicted molar refractivity (Wildman–Crippen MR) is 88.6 cm³/mol. The Morgan fingerprint density at radius 1 is 1.13 bits per heavy atom. The number of ether oxygens (including phenoxy) is 4. The van der Waals surface area contributed by atoms with Gasteiger partial charge in [0.15, 0.2) is 6.29 Å². The zero-order valence-corrected chi connectivity index (χ0v) is 14.5. The largest absolute Gasteiger partial charge is 0.495 e. The van der Waals surface area contributed by atoms with Crippen LogP contribution in [0.3, 0.4) is 0 Å². The van der Waals surface area contributed by atoms with E-state index in [1.54, 1.807) is 12.1 Å². The minimum absolute atomic E-state index is 0.222. The lowest BCUT2D eigenvalue weighted by atomic mass is 10.2. The van der Waals surface area contributed by atoms with Crippen molar-refractivity contribution in [1.29, 1.82) is 0 Å². The van der Waals surface area contributed by atoms with E-state index in [2.05, 4.69) is 10.6 Å². The van der Waals surface area contributed by atoms with Crippen LogP contribution in [0.1, 0.15) is 13.8 Å². The number of carbonyl (C=O) groups excluding carboxylic acids is 1. The SMILES string of the molecule is CCOC(CNC(=O)Nc1cc(Cl)c(OC)cc1OC)OCC. The molecule has 130 valence electrons. The molecule has 0 aliphatic heterocycles. The molecule has 23 heavy (non-hydrogen) atoms. The minimum Gasteiger partial charge on any atom is -0.495 e. The summed E-state index contributed by atoms with van der Waals surface area (Å²) in [6, 6.07) is 2.73. The van der Waals surface area contributed by atoms with Gasteiger partial charge in [0, 0.05) is 19.3 Å². The average Bonchev–Trinajstić information content (AvgIpc) is 2.53. The van der Waals surface area contributed by atoms with Gasteiger partial charge in [0.05, 0.1) is 31.5 Å². The zero-order chi connectivity index (χ0) is 17.2. The van der Waals surface area contributed by atoms with Crippen LogP contribution in [0.2, 0.25) is 5.02 Å². The molecule has 0 radical (unpaired) electrons. The molecule has 0 unspecified atom stereocenters. The average molecular weight is 347 g/mol. The molecule has 7 nitrogen and oxygen atoms in total. The maximum Gasteiger partial charge on any atom is 0.319 e. The summed E-state index contributed by atoms with van der Waals surface area (Å²) >= 11 is 6.06. The van der Waals surface area contributed by atoms with Crippen molar-refractivity contribution in [3.63, 3.8) is 0 Å². The van der Waals surface area contributed by atoms with E-state index in [0.717, 1.165) is 0 Å². The van der Waals surface area contributed by atoms with Crippen LogP contribution in [-0.4, -0.2) is 46.3 Å². The van der Waals surface area contributed by atoms with E-state index in [1.807, 2.05) is 13.8 Å². The van der Waals surface area contributed by atoms with Crippen LogP contribution in [-0.2, 0) is 9.47 Å². The topological polar surface area (TPSA) is 78.1 Å². The van der Waals surface area contributed by atoms with Gasteiger partial charge in [-0.15, -0.1) is 0 Å². The number of methoxy groups -OCH3 is 2. The van der Waals surface area contributed by atoms with Gasteiger partial charge < -0.3 is 29.6 Å². The van der Waals surface area contributed by atoms with Crippen LogP contribution in [0.25, 0.3) is 0 Å². The van der Waals surface area contributed by atoms with Crippen molar-refractivity contribution in [3.05, 3.63) is 17.2 Å². The Morgan fingerprint density at radius 3 is 2.26 bits per heavy atom. The van der Waals surface area contributed by atoms with Gasteiger partial charge in [0.25, 0.3) is 0 Å². The number of rotatable bonds is 9. The standard InChI is InChI=1S/C15H23ClN2O5/c1-5-22-14(23-6-2)9-17-15(19)18-11-7-10(16)12(20-3)8-13(11)21-4/h7-8,14H,5-6,9H2,1-4H3,(H2,17,18,19). The quantitative estimate of drug-likeness (QED) is 0.672. The molecule has 1 rings (SSSR count). The maximum atomic E-state index is 12.0. The molecule has 0 atom stereocenters. The summed E-state index contributed by atoms with van der Waals surface area (Å²) in [5, 5.41) is 5.70. The number of carbonyl (C=O) groups is 1. The number of urea groups is 1. The smallest absolute Gasteiger partial charge is 0.319 e. The van der Waals surface area contributed by atoms with Crippen LogP contribution in [0.15, 0.2) is 12.1 Å². The van der Waals surface area contributed by atoms with Crippen molar-refractivity contribution in [2.24, 2.45) is 0 Å². The van der Waals surface area contributed by atoms with Crippen molar-refractivity contribution >= 4 is 23.3 Å². The van der Waals surface area contributed by atoms with Gasteiger partial charge in [-0.2, -0.15) is 0 Å². The summed E-state index contributed by atoms with van der Waals surface area (Å²) < 4.78 is 21.0. The number of halogens is 1. The van der Waals surface area contributed by atoms with Crippen molar-refractivity contribution in [3.8, 4) is 11.5 Å². The highest BCUT2D eigenvalue weighted by Gasteiger charge is 2.14. The second-order valence-electron chi connectivity index (χ2n) is 4.36. The van der Waals surface area contributed by atoms with E-state index in [9.17, 15) is 4.79 Å². The van der Waals surface area contributed by atoms with Gasteiger partial charge >= 0.3 is 6.03 Å². The number of amides is 2. The number of hydrogen-bond donors (Lipinski definition) is 2. The third kappa shape index (κ3) is 6.13. The molecular formula is C15H23ClN2O5. The first-order valence-corrected chi connectivity index (χ1v) is 7.63. The Balaban J connectivity index is 2.68. The number of anilines is 1. The predicted octanol–water partition coefficient (Wildman–Crippen LogP) is 2.88. The molecule has 2 N–H and O–H groups in total. The number of nitrogens with one attached hydrogen (secondary N) is 2. The first-order valence-electron chi connectivity index (χ1n) is 7.25. The lowest BCUT2D eigenvalue weighted by Crippen LogP contribution is -2.37. The van der Waals surface area contributed by atoms with Crippen LogP contribution in [0.5, 0.6) is 11.5 Å². The highest BCUT2D eigenvalue weighted by Crippen LogP contribution is 2.35. The fourth-order valence-corrected chi connectivity index (χ4v) is 2.08. The van der Waals surface area contributed by atoms with Gasteiger partial charge in [-0.3, -0.25) is 0 Å². The fourth-order valence-electron chi connectivity index (χ4n) is 1.84. The molecule has 0 heterocycles. The summed E-state index contributed by atoms with van der Waals surface area (Å²) in [4.78, 5) is 12.0. The molecule has 0 aliphatic carbocycles. The van der Waals surface area contributed by atoms with E-state index in [4.69, 9.17) is 30.5 Å². The second-order valence-corrected chi connectivity index (χ2v) is 4.77. The summed E-state index contributed by atoms with van der Waals surface area (Å²) in [5.74, 6) is 0.898. The molecular weight excluding hydrogens is 324 g/mol. The lowest BCUT2D eigenvalue weighted by Gasteiger charge is -2.18. The van der Waals surface area contributed by atoms with Gasteiger partial charge in [-0.05, 0) is 19.9 Å². The van der Waals surface area contributed by atoms with Crippen LogP contribution in [0, 0.1) is 0 Å². The molecule has 0 spiro atoms. The number of benzene rings is 1. The van der Waals surface area contributed by atoms with Crippen LogP contribution >= 0.6 is 11.6 Å². The monoisotopic (exact) mass is 346 g/mol. The fraction of sp³-hybridized carbons (Fsp3) is 0.533. The molecule has 0 fully saturated rings. The van der Waals surface area contributed by atoms with Crippen molar-refractivity contribution < 1.29 is 23.7 Å². The maximum absolute atomic E-state index is 12.0. The van der Waals surface area contributed by atoms with Crippen molar-refractivity contribution in [1.82, 2.24) is 5.32 Å². The minimum atomic E-state index is -0.489. The Hall–Kier alpha value is -1.70. The molecule has 0 saturated heterocycles. The first kappa shape index (κ1) is 19.3. The Bertz CT molecular complexity index is 507. The Kier molecular flexibility index (Phi) is 8.53. The van der Waals surface area contributed by atoms with E-state index < -0.39 is 12.3 Å². The molecule has 0 aliphatic rings. The zero-order valence-electron chi connectivity index (χ0n) is 13.8. The molecule has 0 aromatic heterocycles.